The number of halogens is 1. The second-order valence-electron chi connectivity index (χ2n) is 6.53. The zero-order valence-electron chi connectivity index (χ0n) is 15.9. The number of carbonyl (C=O) groups is 2. The van der Waals surface area contributed by atoms with E-state index in [2.05, 4.69) is 10.6 Å². The summed E-state index contributed by atoms with van der Waals surface area (Å²) in [5.74, 6) is -0.288. The van der Waals surface area contributed by atoms with Crippen LogP contribution >= 0.6 is 11.6 Å². The van der Waals surface area contributed by atoms with Crippen LogP contribution in [-0.2, 0) is 11.2 Å². The Labute approximate surface area is 174 Å². The Hall–Kier alpha value is -3.31. The molecule has 0 fully saturated rings. The second-order valence-corrected chi connectivity index (χ2v) is 6.96. The highest BCUT2D eigenvalue weighted by molar-refractivity contribution is 6.30. The van der Waals surface area contributed by atoms with Gasteiger partial charge in [0.05, 0.1) is 6.26 Å². The summed E-state index contributed by atoms with van der Waals surface area (Å²) in [4.78, 5) is 25.2. The molecule has 1 heterocycles. The van der Waals surface area contributed by atoms with Crippen molar-refractivity contribution in [2.45, 2.75) is 13.3 Å². The average Bonchev–Trinajstić information content (AvgIpc) is 3.22. The molecular weight excluding hydrogens is 388 g/mol. The first-order chi connectivity index (χ1) is 14.0. The van der Waals surface area contributed by atoms with Gasteiger partial charge >= 0.3 is 0 Å². The van der Waals surface area contributed by atoms with E-state index in [1.807, 2.05) is 43.3 Å². The van der Waals surface area contributed by atoms with Gasteiger partial charge in [0, 0.05) is 23.2 Å². The van der Waals surface area contributed by atoms with Crippen molar-refractivity contribution in [3.63, 3.8) is 0 Å². The van der Waals surface area contributed by atoms with E-state index in [0.717, 1.165) is 11.1 Å². The van der Waals surface area contributed by atoms with Gasteiger partial charge < -0.3 is 15.1 Å². The summed E-state index contributed by atoms with van der Waals surface area (Å²) in [6, 6.07) is 18.0. The van der Waals surface area contributed by atoms with E-state index >= 15 is 0 Å². The van der Waals surface area contributed by atoms with Crippen molar-refractivity contribution >= 4 is 29.5 Å². The fraction of sp³-hybridized carbons (Fsp3) is 0.130. The second kappa shape index (κ2) is 9.75. The van der Waals surface area contributed by atoms with E-state index in [-0.39, 0.29) is 11.6 Å². The third kappa shape index (κ3) is 6.09. The molecule has 3 aromatic rings. The molecule has 2 amide bonds. The number of amides is 2. The Morgan fingerprint density at radius 2 is 1.76 bits per heavy atom. The van der Waals surface area contributed by atoms with Crippen molar-refractivity contribution in [1.82, 2.24) is 10.6 Å². The Kier molecular flexibility index (Phi) is 6.87. The number of benzene rings is 2. The highest BCUT2D eigenvalue weighted by Crippen LogP contribution is 2.11. The highest BCUT2D eigenvalue weighted by Gasteiger charge is 2.15. The largest absolute Gasteiger partial charge is 0.465 e. The minimum atomic E-state index is -0.393. The number of carbonyl (C=O) groups excluding carboxylic acids is 2. The lowest BCUT2D eigenvalue weighted by molar-refractivity contribution is -0.117. The van der Waals surface area contributed by atoms with Crippen LogP contribution in [0, 0.1) is 6.92 Å². The normalized spacial score (nSPS) is 11.2. The van der Waals surface area contributed by atoms with Gasteiger partial charge in [-0.1, -0.05) is 41.4 Å². The predicted molar refractivity (Wildman–Crippen MR) is 113 cm³/mol. The third-order valence-electron chi connectivity index (χ3n) is 4.25. The first kappa shape index (κ1) is 20.4. The number of aryl methyl sites for hydroxylation is 1. The molecule has 0 aliphatic heterocycles. The van der Waals surface area contributed by atoms with Crippen molar-refractivity contribution in [2.75, 3.05) is 6.54 Å². The Bertz CT molecular complexity index is 992. The third-order valence-corrected chi connectivity index (χ3v) is 4.50. The molecule has 0 bridgehead atoms. The lowest BCUT2D eigenvalue weighted by atomic mass is 10.1. The van der Waals surface area contributed by atoms with Crippen LogP contribution in [0.1, 0.15) is 27.2 Å². The standard InChI is InChI=1S/C23H21ClN2O3/c1-16-4-8-18(9-5-16)22(27)26-21(15-20-3-2-14-29-20)23(28)25-13-12-17-6-10-19(24)11-7-17/h2-11,14-15H,12-13H2,1H3,(H,25,28)(H,26,27)/b21-15-. The van der Waals surface area contributed by atoms with Gasteiger partial charge in [0.15, 0.2) is 0 Å². The van der Waals surface area contributed by atoms with Gasteiger partial charge in [-0.25, -0.2) is 0 Å². The summed E-state index contributed by atoms with van der Waals surface area (Å²) in [5.41, 5.74) is 2.68. The maximum absolute atomic E-state index is 12.7. The SMILES string of the molecule is Cc1ccc(C(=O)N/C(=C\c2ccco2)C(=O)NCCc2ccc(Cl)cc2)cc1. The van der Waals surface area contributed by atoms with Gasteiger partial charge in [-0.05, 0) is 55.3 Å². The van der Waals surface area contributed by atoms with Gasteiger partial charge in [-0.2, -0.15) is 0 Å². The topological polar surface area (TPSA) is 71.3 Å². The molecule has 0 spiro atoms. The number of hydrogen-bond acceptors (Lipinski definition) is 3. The van der Waals surface area contributed by atoms with Crippen LogP contribution < -0.4 is 10.6 Å². The molecule has 1 aromatic heterocycles. The van der Waals surface area contributed by atoms with E-state index in [4.69, 9.17) is 16.0 Å². The minimum absolute atomic E-state index is 0.113. The van der Waals surface area contributed by atoms with E-state index in [0.29, 0.717) is 29.3 Å². The molecule has 0 saturated heterocycles. The Balaban J connectivity index is 1.67. The molecule has 0 aliphatic rings. The van der Waals surface area contributed by atoms with Gasteiger partial charge in [0.25, 0.3) is 11.8 Å². The number of hydrogen-bond donors (Lipinski definition) is 2. The Morgan fingerprint density at radius 3 is 2.41 bits per heavy atom. The minimum Gasteiger partial charge on any atom is -0.465 e. The summed E-state index contributed by atoms with van der Waals surface area (Å²) >= 11 is 5.89. The van der Waals surface area contributed by atoms with Crippen molar-refractivity contribution in [1.29, 1.82) is 0 Å². The fourth-order valence-electron chi connectivity index (χ4n) is 2.64. The lowest BCUT2D eigenvalue weighted by Crippen LogP contribution is -2.35. The van der Waals surface area contributed by atoms with E-state index in [1.165, 1.54) is 12.3 Å². The van der Waals surface area contributed by atoms with Crippen LogP contribution in [0.3, 0.4) is 0 Å². The van der Waals surface area contributed by atoms with Crippen molar-refractivity contribution < 1.29 is 14.0 Å². The first-order valence-electron chi connectivity index (χ1n) is 9.17. The van der Waals surface area contributed by atoms with Gasteiger partial charge in [0.1, 0.15) is 11.5 Å². The molecule has 0 atom stereocenters. The zero-order valence-corrected chi connectivity index (χ0v) is 16.7. The van der Waals surface area contributed by atoms with Crippen LogP contribution in [0.25, 0.3) is 6.08 Å². The van der Waals surface area contributed by atoms with Crippen LogP contribution in [0.4, 0.5) is 0 Å². The van der Waals surface area contributed by atoms with Crippen LogP contribution in [0.15, 0.2) is 77.0 Å². The molecule has 0 saturated carbocycles. The highest BCUT2D eigenvalue weighted by atomic mass is 35.5. The zero-order chi connectivity index (χ0) is 20.6. The molecule has 0 aliphatic carbocycles. The lowest BCUT2D eigenvalue weighted by Gasteiger charge is -2.11. The molecular formula is C23H21ClN2O3. The fourth-order valence-corrected chi connectivity index (χ4v) is 2.77. The molecule has 3 rings (SSSR count). The quantitative estimate of drug-likeness (QED) is 0.570. The monoisotopic (exact) mass is 408 g/mol. The van der Waals surface area contributed by atoms with Crippen LogP contribution in [-0.4, -0.2) is 18.4 Å². The molecule has 29 heavy (non-hydrogen) atoms. The molecule has 2 aromatic carbocycles. The number of nitrogens with one attached hydrogen (secondary N) is 2. The van der Waals surface area contributed by atoms with E-state index < -0.39 is 5.91 Å². The van der Waals surface area contributed by atoms with E-state index in [9.17, 15) is 9.59 Å². The van der Waals surface area contributed by atoms with Gasteiger partial charge in [-0.15, -0.1) is 0 Å². The van der Waals surface area contributed by atoms with Gasteiger partial charge in [-0.3, -0.25) is 9.59 Å². The maximum Gasteiger partial charge on any atom is 0.267 e. The predicted octanol–water partition coefficient (Wildman–Crippen LogP) is 4.37. The van der Waals surface area contributed by atoms with Crippen molar-refractivity contribution in [2.24, 2.45) is 0 Å². The number of furan rings is 1. The summed E-state index contributed by atoms with van der Waals surface area (Å²) in [6.45, 7) is 2.36. The molecule has 6 heteroatoms. The number of rotatable bonds is 7. The Morgan fingerprint density at radius 1 is 1.03 bits per heavy atom. The van der Waals surface area contributed by atoms with Crippen molar-refractivity contribution in [3.05, 3.63) is 100 Å². The van der Waals surface area contributed by atoms with Crippen LogP contribution in [0.2, 0.25) is 5.02 Å². The van der Waals surface area contributed by atoms with Crippen molar-refractivity contribution in [3.8, 4) is 0 Å². The van der Waals surface area contributed by atoms with Gasteiger partial charge in [0.2, 0.25) is 0 Å². The summed E-state index contributed by atoms with van der Waals surface area (Å²) in [7, 11) is 0. The molecule has 2 N–H and O–H groups in total. The van der Waals surface area contributed by atoms with Crippen LogP contribution in [0.5, 0.6) is 0 Å². The first-order valence-corrected chi connectivity index (χ1v) is 9.55. The molecule has 0 unspecified atom stereocenters. The molecule has 0 radical (unpaired) electrons. The summed E-state index contributed by atoms with van der Waals surface area (Å²) in [6.07, 6.45) is 3.65. The molecule has 148 valence electrons. The smallest absolute Gasteiger partial charge is 0.267 e. The summed E-state index contributed by atoms with van der Waals surface area (Å²) < 4.78 is 5.28. The maximum atomic E-state index is 12.7. The van der Waals surface area contributed by atoms with E-state index in [1.54, 1.807) is 24.3 Å². The average molecular weight is 409 g/mol. The summed E-state index contributed by atoms with van der Waals surface area (Å²) in [5, 5.41) is 6.17. The molecule has 5 nitrogen and oxygen atoms in total.